The van der Waals surface area contributed by atoms with E-state index in [1.807, 2.05) is 0 Å². The number of halogens is 1. The topological polar surface area (TPSA) is 96.5 Å². The van der Waals surface area contributed by atoms with Crippen LogP contribution in [-0.4, -0.2) is 23.8 Å². The first-order valence-corrected chi connectivity index (χ1v) is 8.86. The van der Waals surface area contributed by atoms with Gasteiger partial charge in [-0.1, -0.05) is 12.1 Å². The van der Waals surface area contributed by atoms with Gasteiger partial charge in [0.15, 0.2) is 17.7 Å². The minimum absolute atomic E-state index is 0.0201. The predicted molar refractivity (Wildman–Crippen MR) is 99.9 cm³/mol. The number of nitrogens with one attached hydrogen (secondary N) is 3. The fourth-order valence-corrected chi connectivity index (χ4v) is 2.37. The summed E-state index contributed by atoms with van der Waals surface area (Å²) < 4.78 is 18.8. The van der Waals surface area contributed by atoms with Gasteiger partial charge in [-0.15, -0.1) is 0 Å². The third kappa shape index (κ3) is 5.06. The average molecular weight is 385 g/mol. The Morgan fingerprint density at radius 3 is 2.36 bits per heavy atom. The van der Waals surface area contributed by atoms with Crippen molar-refractivity contribution < 1.29 is 23.5 Å². The third-order valence-electron chi connectivity index (χ3n) is 4.17. The summed E-state index contributed by atoms with van der Waals surface area (Å²) in [6.45, 7) is 1.44. The van der Waals surface area contributed by atoms with E-state index < -0.39 is 23.7 Å². The lowest BCUT2D eigenvalue weighted by molar-refractivity contribution is -0.128. The summed E-state index contributed by atoms with van der Waals surface area (Å²) in [5, 5.41) is 2.78. The molecular formula is C20H20FN3O4. The van der Waals surface area contributed by atoms with Crippen LogP contribution in [0.25, 0.3) is 0 Å². The molecule has 0 spiro atoms. The summed E-state index contributed by atoms with van der Waals surface area (Å²) in [4.78, 5) is 35.9. The van der Waals surface area contributed by atoms with Crippen molar-refractivity contribution in [2.45, 2.75) is 25.9 Å². The van der Waals surface area contributed by atoms with Crippen molar-refractivity contribution in [3.05, 3.63) is 59.9 Å². The number of amides is 3. The van der Waals surface area contributed by atoms with Crippen LogP contribution in [0.15, 0.2) is 48.5 Å². The number of benzene rings is 2. The molecule has 1 unspecified atom stereocenters. The van der Waals surface area contributed by atoms with Crippen LogP contribution >= 0.6 is 0 Å². The number of carbonyl (C=O) groups is 3. The van der Waals surface area contributed by atoms with E-state index in [1.54, 1.807) is 18.2 Å². The van der Waals surface area contributed by atoms with Crippen molar-refractivity contribution >= 4 is 23.4 Å². The highest BCUT2D eigenvalue weighted by molar-refractivity contribution is 5.97. The van der Waals surface area contributed by atoms with Gasteiger partial charge in [-0.3, -0.25) is 25.2 Å². The molecule has 3 amide bonds. The molecule has 0 aliphatic heterocycles. The van der Waals surface area contributed by atoms with E-state index in [1.165, 1.54) is 37.3 Å². The van der Waals surface area contributed by atoms with Gasteiger partial charge in [0.2, 0.25) is 5.91 Å². The van der Waals surface area contributed by atoms with Gasteiger partial charge in [-0.05, 0) is 56.2 Å². The zero-order valence-electron chi connectivity index (χ0n) is 15.2. The third-order valence-corrected chi connectivity index (χ3v) is 4.17. The molecule has 8 heteroatoms. The molecular weight excluding hydrogens is 365 g/mol. The zero-order valence-corrected chi connectivity index (χ0v) is 15.2. The molecule has 7 nitrogen and oxygen atoms in total. The Bertz CT molecular complexity index is 881. The van der Waals surface area contributed by atoms with Crippen LogP contribution in [0.3, 0.4) is 0 Å². The minimum atomic E-state index is -1.02. The number of anilines is 1. The van der Waals surface area contributed by atoms with Crippen LogP contribution in [0.5, 0.6) is 5.75 Å². The second kappa shape index (κ2) is 8.51. The number of hydrogen-bond acceptors (Lipinski definition) is 4. The number of ether oxygens (including phenoxy) is 1. The van der Waals surface area contributed by atoms with E-state index >= 15 is 0 Å². The van der Waals surface area contributed by atoms with Gasteiger partial charge in [0.25, 0.3) is 11.8 Å². The molecule has 2 aromatic rings. The maximum atomic E-state index is 13.6. The Morgan fingerprint density at radius 1 is 1.04 bits per heavy atom. The number of para-hydroxylation sites is 1. The molecule has 146 valence electrons. The lowest BCUT2D eigenvalue weighted by atomic mass is 10.2. The molecule has 28 heavy (non-hydrogen) atoms. The van der Waals surface area contributed by atoms with Gasteiger partial charge in [-0.25, -0.2) is 4.39 Å². The van der Waals surface area contributed by atoms with Crippen molar-refractivity contribution in [2.24, 2.45) is 5.92 Å². The highest BCUT2D eigenvalue weighted by atomic mass is 19.1. The quantitative estimate of drug-likeness (QED) is 0.666. The normalized spacial score (nSPS) is 13.9. The van der Waals surface area contributed by atoms with E-state index in [2.05, 4.69) is 16.2 Å². The fraction of sp³-hybridized carbons (Fsp3) is 0.250. The van der Waals surface area contributed by atoms with Gasteiger partial charge < -0.3 is 10.1 Å². The van der Waals surface area contributed by atoms with Crippen molar-refractivity contribution in [3.63, 3.8) is 0 Å². The first kappa shape index (κ1) is 19.3. The molecule has 3 N–H and O–H groups in total. The second-order valence-corrected chi connectivity index (χ2v) is 6.47. The van der Waals surface area contributed by atoms with E-state index in [-0.39, 0.29) is 17.6 Å². The Balaban J connectivity index is 1.48. The van der Waals surface area contributed by atoms with Gasteiger partial charge in [0.05, 0.1) is 0 Å². The van der Waals surface area contributed by atoms with Gasteiger partial charge >= 0.3 is 0 Å². The van der Waals surface area contributed by atoms with Crippen molar-refractivity contribution in [2.75, 3.05) is 5.32 Å². The first-order valence-electron chi connectivity index (χ1n) is 8.86. The number of rotatable bonds is 6. The molecule has 1 atom stereocenters. The van der Waals surface area contributed by atoms with Crippen LogP contribution in [0.1, 0.15) is 30.1 Å². The highest BCUT2D eigenvalue weighted by Crippen LogP contribution is 2.30. The van der Waals surface area contributed by atoms with Crippen LogP contribution in [0.4, 0.5) is 10.1 Å². The SMILES string of the molecule is CC(Oc1ccccc1F)C(=O)NNC(=O)c1ccc(NC(=O)C2CC2)cc1. The fourth-order valence-electron chi connectivity index (χ4n) is 2.37. The molecule has 1 saturated carbocycles. The Hall–Kier alpha value is -3.42. The summed E-state index contributed by atoms with van der Waals surface area (Å²) >= 11 is 0. The molecule has 1 fully saturated rings. The van der Waals surface area contributed by atoms with Gasteiger partial charge in [0, 0.05) is 17.2 Å². The van der Waals surface area contributed by atoms with E-state index in [9.17, 15) is 18.8 Å². The molecule has 1 aliphatic carbocycles. The molecule has 0 radical (unpaired) electrons. The van der Waals surface area contributed by atoms with Crippen LogP contribution in [0.2, 0.25) is 0 Å². The van der Waals surface area contributed by atoms with Gasteiger partial charge in [0.1, 0.15) is 0 Å². The van der Waals surface area contributed by atoms with E-state index in [0.29, 0.717) is 11.3 Å². The predicted octanol–water partition coefficient (Wildman–Crippen LogP) is 2.40. The molecule has 0 saturated heterocycles. The largest absolute Gasteiger partial charge is 0.478 e. The summed E-state index contributed by atoms with van der Waals surface area (Å²) in [6.07, 6.45) is 0.799. The van der Waals surface area contributed by atoms with E-state index in [0.717, 1.165) is 12.8 Å². The van der Waals surface area contributed by atoms with Crippen LogP contribution in [0, 0.1) is 11.7 Å². The number of hydrazine groups is 1. The zero-order chi connectivity index (χ0) is 20.1. The van der Waals surface area contributed by atoms with Crippen LogP contribution in [-0.2, 0) is 9.59 Å². The maximum absolute atomic E-state index is 13.6. The van der Waals surface area contributed by atoms with E-state index in [4.69, 9.17) is 4.74 Å². The molecule has 3 rings (SSSR count). The summed E-state index contributed by atoms with van der Waals surface area (Å²) in [5.41, 5.74) is 5.40. The van der Waals surface area contributed by atoms with Crippen molar-refractivity contribution in [1.82, 2.24) is 10.9 Å². The molecule has 1 aliphatic rings. The number of hydrogen-bond donors (Lipinski definition) is 3. The highest BCUT2D eigenvalue weighted by Gasteiger charge is 2.29. The lowest BCUT2D eigenvalue weighted by Crippen LogP contribution is -2.47. The average Bonchev–Trinajstić information content (AvgIpc) is 3.53. The standard InChI is InChI=1S/C20H20FN3O4/c1-12(28-17-5-3-2-4-16(17)21)18(25)23-24-20(27)14-8-10-15(11-9-14)22-19(26)13-6-7-13/h2-5,8-13H,6-7H2,1H3,(H,22,26)(H,23,25)(H,24,27). The van der Waals surface area contributed by atoms with Crippen LogP contribution < -0.4 is 20.9 Å². The maximum Gasteiger partial charge on any atom is 0.279 e. The molecule has 0 heterocycles. The number of carbonyl (C=O) groups excluding carboxylic acids is 3. The Morgan fingerprint density at radius 2 is 1.71 bits per heavy atom. The monoisotopic (exact) mass is 385 g/mol. The molecule has 0 aromatic heterocycles. The lowest BCUT2D eigenvalue weighted by Gasteiger charge is -2.15. The van der Waals surface area contributed by atoms with Crippen molar-refractivity contribution in [1.29, 1.82) is 0 Å². The second-order valence-electron chi connectivity index (χ2n) is 6.47. The molecule has 2 aromatic carbocycles. The minimum Gasteiger partial charge on any atom is -0.478 e. The summed E-state index contributed by atoms with van der Waals surface area (Å²) in [7, 11) is 0. The Labute approximate surface area is 161 Å². The van der Waals surface area contributed by atoms with Gasteiger partial charge in [-0.2, -0.15) is 0 Å². The molecule has 0 bridgehead atoms. The first-order chi connectivity index (χ1) is 13.4. The smallest absolute Gasteiger partial charge is 0.279 e. The Kier molecular flexibility index (Phi) is 5.88. The van der Waals surface area contributed by atoms with Crippen molar-refractivity contribution in [3.8, 4) is 5.75 Å². The summed E-state index contributed by atoms with van der Waals surface area (Å²) in [5.74, 6) is -1.74. The summed E-state index contributed by atoms with van der Waals surface area (Å²) in [6, 6.07) is 12.0.